The number of nitrogens with zero attached hydrogens (tertiary/aromatic N) is 5. The highest BCUT2D eigenvalue weighted by Crippen LogP contribution is 2.36. The van der Waals surface area contributed by atoms with Crippen LogP contribution in [0.4, 0.5) is 5.82 Å². The van der Waals surface area contributed by atoms with Crippen molar-refractivity contribution in [3.05, 3.63) is 42.2 Å². The van der Waals surface area contributed by atoms with Crippen molar-refractivity contribution < 1.29 is 0 Å². The zero-order chi connectivity index (χ0) is 20.8. The number of fused-ring (bicyclic) bond motifs is 3. The third-order valence-corrected chi connectivity index (χ3v) is 7.68. The normalized spacial score (nSPS) is 23.2. The van der Waals surface area contributed by atoms with Gasteiger partial charge in [-0.1, -0.05) is 18.6 Å². The molecule has 2 aliphatic rings. The lowest BCUT2D eigenvalue weighted by Crippen LogP contribution is -2.54. The van der Waals surface area contributed by atoms with E-state index in [1.54, 1.807) is 11.3 Å². The van der Waals surface area contributed by atoms with Gasteiger partial charge in [0.25, 0.3) is 0 Å². The van der Waals surface area contributed by atoms with E-state index in [-0.39, 0.29) is 0 Å². The van der Waals surface area contributed by atoms with Crippen LogP contribution in [0.5, 0.6) is 0 Å². The number of H-pyrrole nitrogens is 1. The summed E-state index contributed by atoms with van der Waals surface area (Å²) in [6.45, 7) is 0. The highest BCUT2D eigenvalue weighted by Gasteiger charge is 2.33. The zero-order valence-corrected chi connectivity index (χ0v) is 18.3. The van der Waals surface area contributed by atoms with E-state index in [1.807, 2.05) is 17.9 Å². The second kappa shape index (κ2) is 7.69. The summed E-state index contributed by atoms with van der Waals surface area (Å²) < 4.78 is 1.13. The lowest BCUT2D eigenvalue weighted by molar-refractivity contribution is 0.219. The third kappa shape index (κ3) is 3.40. The van der Waals surface area contributed by atoms with Gasteiger partial charge in [0.05, 0.1) is 27.6 Å². The molecule has 2 saturated heterocycles. The van der Waals surface area contributed by atoms with E-state index < -0.39 is 0 Å². The molecule has 3 aromatic heterocycles. The minimum atomic E-state index is 0.527. The van der Waals surface area contributed by atoms with Crippen molar-refractivity contribution in [3.8, 4) is 22.4 Å². The van der Waals surface area contributed by atoms with Crippen molar-refractivity contribution in [1.82, 2.24) is 30.7 Å². The smallest absolute Gasteiger partial charge is 0.151 e. The van der Waals surface area contributed by atoms with Gasteiger partial charge < -0.3 is 10.2 Å². The molecule has 0 aliphatic carbocycles. The number of aromatic nitrogens is 5. The van der Waals surface area contributed by atoms with Crippen molar-refractivity contribution in [2.75, 3.05) is 11.9 Å². The van der Waals surface area contributed by atoms with Gasteiger partial charge in [0, 0.05) is 48.1 Å². The highest BCUT2D eigenvalue weighted by molar-refractivity contribution is 7.17. The molecule has 2 bridgehead atoms. The van der Waals surface area contributed by atoms with Crippen LogP contribution < -0.4 is 10.2 Å². The Bertz CT molecular complexity index is 1170. The van der Waals surface area contributed by atoms with Crippen LogP contribution in [-0.4, -0.2) is 50.6 Å². The van der Waals surface area contributed by atoms with Crippen LogP contribution >= 0.6 is 11.3 Å². The molecule has 0 amide bonds. The average molecular weight is 432 g/mol. The largest absolute Gasteiger partial charge is 0.355 e. The molecule has 5 heterocycles. The van der Waals surface area contributed by atoms with Crippen molar-refractivity contribution in [2.45, 2.75) is 50.2 Å². The van der Waals surface area contributed by atoms with Crippen molar-refractivity contribution in [2.24, 2.45) is 0 Å². The molecule has 158 valence electrons. The molecule has 2 unspecified atom stereocenters. The summed E-state index contributed by atoms with van der Waals surface area (Å²) in [7, 11) is 2.16. The summed E-state index contributed by atoms with van der Waals surface area (Å²) in [6, 6.07) is 10.2. The molecule has 6 rings (SSSR count). The lowest BCUT2D eigenvalue weighted by atomic mass is 9.83. The minimum Gasteiger partial charge on any atom is -0.355 e. The quantitative estimate of drug-likeness (QED) is 0.503. The fourth-order valence-corrected chi connectivity index (χ4v) is 6.02. The number of hydrogen-bond acceptors (Lipinski definition) is 7. The van der Waals surface area contributed by atoms with Crippen LogP contribution in [0.25, 0.3) is 32.6 Å². The van der Waals surface area contributed by atoms with Crippen LogP contribution in [-0.2, 0) is 0 Å². The van der Waals surface area contributed by atoms with E-state index in [4.69, 9.17) is 0 Å². The van der Waals surface area contributed by atoms with E-state index in [1.165, 1.54) is 32.1 Å². The van der Waals surface area contributed by atoms with Crippen LogP contribution in [0.15, 0.2) is 42.2 Å². The molecule has 7 nitrogen and oxygen atoms in total. The van der Waals surface area contributed by atoms with Crippen LogP contribution in [0.3, 0.4) is 0 Å². The molecule has 0 saturated carbocycles. The first-order valence-corrected chi connectivity index (χ1v) is 11.8. The predicted octanol–water partition coefficient (Wildman–Crippen LogP) is 4.25. The third-order valence-electron chi connectivity index (χ3n) is 6.82. The van der Waals surface area contributed by atoms with Gasteiger partial charge in [-0.3, -0.25) is 5.10 Å². The van der Waals surface area contributed by atoms with Gasteiger partial charge in [-0.2, -0.15) is 5.10 Å². The Morgan fingerprint density at radius 1 is 1.03 bits per heavy atom. The number of rotatable bonds is 4. The Balaban J connectivity index is 1.28. The van der Waals surface area contributed by atoms with Gasteiger partial charge in [0.2, 0.25) is 0 Å². The Kier molecular flexibility index (Phi) is 4.69. The molecular weight excluding hydrogens is 406 g/mol. The maximum atomic E-state index is 4.61. The Morgan fingerprint density at radius 3 is 2.61 bits per heavy atom. The summed E-state index contributed by atoms with van der Waals surface area (Å²) in [5, 5.41) is 20.0. The number of piperidine rings is 2. The number of hydrogen-bond donors (Lipinski definition) is 2. The Hall–Kier alpha value is -2.84. The zero-order valence-electron chi connectivity index (χ0n) is 17.5. The number of nitrogens with one attached hydrogen (secondary N) is 2. The van der Waals surface area contributed by atoms with Crippen molar-refractivity contribution in [3.63, 3.8) is 0 Å². The first-order chi connectivity index (χ1) is 15.3. The molecule has 3 atom stereocenters. The maximum Gasteiger partial charge on any atom is 0.151 e. The summed E-state index contributed by atoms with van der Waals surface area (Å²) in [5.74, 6) is 0.948. The highest BCUT2D eigenvalue weighted by atomic mass is 32.1. The standard InChI is InChI=1S/C23H25N7S/c1-30(17-9-15-3-2-4-16(10-17)27-15)21-8-7-20(28-29-21)19-6-5-18(14-11-25-26-12-14)22-23(19)31-13-24-22/h5-8,11-13,15-17,27H,2-4,9-10H2,1H3,(H,25,26)/t15-,16?,17?/m1/s1. The monoisotopic (exact) mass is 431 g/mol. The molecular formula is C23H25N7S. The first kappa shape index (κ1) is 18.9. The molecule has 8 heteroatoms. The summed E-state index contributed by atoms with van der Waals surface area (Å²) in [6.07, 6.45) is 10.1. The Labute approximate surface area is 184 Å². The van der Waals surface area contributed by atoms with Gasteiger partial charge in [0.15, 0.2) is 5.82 Å². The van der Waals surface area contributed by atoms with Crippen molar-refractivity contribution >= 4 is 27.4 Å². The van der Waals surface area contributed by atoms with Crippen molar-refractivity contribution in [1.29, 1.82) is 0 Å². The Morgan fingerprint density at radius 2 is 1.87 bits per heavy atom. The fourth-order valence-electron chi connectivity index (χ4n) is 5.18. The molecule has 0 spiro atoms. The predicted molar refractivity (Wildman–Crippen MR) is 124 cm³/mol. The SMILES string of the molecule is CN(c1ccc(-c2ccc(-c3cn[nH]c3)c3ncsc23)nn1)C1CC2CCC[C@H](C1)N2. The van der Waals surface area contributed by atoms with Crippen LogP contribution in [0.1, 0.15) is 32.1 Å². The second-order valence-corrected chi connectivity index (χ2v) is 9.54. The average Bonchev–Trinajstić information content (AvgIpc) is 3.50. The van der Waals surface area contributed by atoms with E-state index in [9.17, 15) is 0 Å². The maximum absolute atomic E-state index is 4.61. The lowest BCUT2D eigenvalue weighted by Gasteiger charge is -2.43. The van der Waals surface area contributed by atoms with E-state index in [0.717, 1.165) is 38.4 Å². The topological polar surface area (TPSA) is 82.6 Å². The summed E-state index contributed by atoms with van der Waals surface area (Å²) in [4.78, 5) is 6.94. The number of thiazole rings is 1. The summed E-state index contributed by atoms with van der Waals surface area (Å²) in [5.41, 5.74) is 6.94. The van der Waals surface area contributed by atoms with Gasteiger partial charge in [0.1, 0.15) is 0 Å². The fraction of sp³-hybridized carbons (Fsp3) is 0.391. The van der Waals surface area contributed by atoms with Crippen LogP contribution in [0.2, 0.25) is 0 Å². The first-order valence-electron chi connectivity index (χ1n) is 10.9. The number of anilines is 1. The van der Waals surface area contributed by atoms with Crippen LogP contribution in [0, 0.1) is 0 Å². The number of aromatic amines is 1. The van der Waals surface area contributed by atoms with Gasteiger partial charge in [-0.05, 0) is 37.8 Å². The van der Waals surface area contributed by atoms with E-state index in [0.29, 0.717) is 18.1 Å². The van der Waals surface area contributed by atoms with Gasteiger partial charge >= 0.3 is 0 Å². The molecule has 31 heavy (non-hydrogen) atoms. The van der Waals surface area contributed by atoms with Gasteiger partial charge in [-0.25, -0.2) is 4.98 Å². The van der Waals surface area contributed by atoms with E-state index >= 15 is 0 Å². The minimum absolute atomic E-state index is 0.527. The number of benzene rings is 1. The molecule has 1 aromatic carbocycles. The summed E-state index contributed by atoms with van der Waals surface area (Å²) >= 11 is 1.64. The van der Waals surface area contributed by atoms with Gasteiger partial charge in [-0.15, -0.1) is 21.5 Å². The molecule has 2 aliphatic heterocycles. The molecule has 2 N–H and O–H groups in total. The second-order valence-electron chi connectivity index (χ2n) is 8.68. The molecule has 0 radical (unpaired) electrons. The molecule has 2 fully saturated rings. The van der Waals surface area contributed by atoms with E-state index in [2.05, 4.69) is 66.9 Å². The molecule has 4 aromatic rings.